The Morgan fingerprint density at radius 2 is 2.14 bits per heavy atom. The Labute approximate surface area is 87.0 Å². The molecule has 0 amide bonds. The Bertz CT molecular complexity index is 171. The highest BCUT2D eigenvalue weighted by Gasteiger charge is 2.40. The minimum atomic E-state index is -0.317. The first-order chi connectivity index (χ1) is 6.75. The molecule has 1 atom stereocenters. The zero-order valence-electron chi connectivity index (χ0n) is 9.17. The van der Waals surface area contributed by atoms with E-state index in [2.05, 4.69) is 6.58 Å². The van der Waals surface area contributed by atoms with Crippen LogP contribution in [-0.4, -0.2) is 23.4 Å². The third kappa shape index (κ3) is 2.58. The van der Waals surface area contributed by atoms with Gasteiger partial charge in [-0.15, -0.1) is 6.58 Å². The van der Waals surface area contributed by atoms with E-state index in [1.807, 2.05) is 13.0 Å². The molecule has 0 saturated heterocycles. The van der Waals surface area contributed by atoms with E-state index in [-0.39, 0.29) is 11.7 Å². The van der Waals surface area contributed by atoms with Crippen LogP contribution >= 0.6 is 0 Å². The van der Waals surface area contributed by atoms with Gasteiger partial charge in [-0.1, -0.05) is 18.9 Å². The van der Waals surface area contributed by atoms with Gasteiger partial charge in [-0.05, 0) is 32.6 Å². The first-order valence-corrected chi connectivity index (χ1v) is 5.68. The highest BCUT2D eigenvalue weighted by molar-refractivity contribution is 4.93. The van der Waals surface area contributed by atoms with E-state index in [4.69, 9.17) is 4.74 Å². The molecule has 0 radical (unpaired) electrons. The molecule has 0 aromatic rings. The Morgan fingerprint density at radius 3 is 2.64 bits per heavy atom. The van der Waals surface area contributed by atoms with Gasteiger partial charge in [-0.2, -0.15) is 0 Å². The Morgan fingerprint density at radius 1 is 1.50 bits per heavy atom. The van der Waals surface area contributed by atoms with Gasteiger partial charge in [0.1, 0.15) is 0 Å². The van der Waals surface area contributed by atoms with Crippen molar-refractivity contribution in [3.8, 4) is 0 Å². The molecular formula is C12H22O2. The lowest BCUT2D eigenvalue weighted by atomic mass is 9.91. The maximum atomic E-state index is 10.1. The summed E-state index contributed by atoms with van der Waals surface area (Å²) in [5.74, 6) is 0. The standard InChI is InChI=1S/C12H22O2/c1-3-5-8-11(13)12(14-4-2)9-6-7-10-12/h3,11,13H,1,4-10H2,2H3. The number of allylic oxidation sites excluding steroid dienone is 1. The molecule has 14 heavy (non-hydrogen) atoms. The molecule has 0 heterocycles. The first-order valence-electron chi connectivity index (χ1n) is 5.68. The molecule has 2 heteroatoms. The van der Waals surface area contributed by atoms with Crippen molar-refractivity contribution >= 4 is 0 Å². The van der Waals surface area contributed by atoms with E-state index < -0.39 is 0 Å². The van der Waals surface area contributed by atoms with Crippen molar-refractivity contribution in [3.05, 3.63) is 12.7 Å². The van der Waals surface area contributed by atoms with Gasteiger partial charge in [0, 0.05) is 6.61 Å². The summed E-state index contributed by atoms with van der Waals surface area (Å²) < 4.78 is 5.76. The van der Waals surface area contributed by atoms with Crippen molar-refractivity contribution in [2.75, 3.05) is 6.61 Å². The van der Waals surface area contributed by atoms with Gasteiger partial charge in [0.25, 0.3) is 0 Å². The minimum Gasteiger partial charge on any atom is -0.390 e. The minimum absolute atomic E-state index is 0.238. The third-order valence-corrected chi connectivity index (χ3v) is 3.13. The molecule has 0 aliphatic heterocycles. The number of rotatable bonds is 6. The molecule has 1 rings (SSSR count). The fraction of sp³-hybridized carbons (Fsp3) is 0.833. The molecule has 0 bridgehead atoms. The summed E-state index contributed by atoms with van der Waals surface area (Å²) in [6.45, 7) is 6.38. The van der Waals surface area contributed by atoms with Crippen LogP contribution in [-0.2, 0) is 4.74 Å². The van der Waals surface area contributed by atoms with Crippen LogP contribution in [0.15, 0.2) is 12.7 Å². The number of hydrogen-bond acceptors (Lipinski definition) is 2. The van der Waals surface area contributed by atoms with Crippen LogP contribution in [0.1, 0.15) is 45.4 Å². The van der Waals surface area contributed by atoms with E-state index in [0.717, 1.165) is 25.7 Å². The van der Waals surface area contributed by atoms with Gasteiger partial charge < -0.3 is 9.84 Å². The first kappa shape index (κ1) is 11.7. The van der Waals surface area contributed by atoms with Crippen LogP contribution in [0.5, 0.6) is 0 Å². The van der Waals surface area contributed by atoms with Crippen LogP contribution < -0.4 is 0 Å². The van der Waals surface area contributed by atoms with Crippen molar-refractivity contribution in [1.82, 2.24) is 0 Å². The zero-order valence-corrected chi connectivity index (χ0v) is 9.17. The van der Waals surface area contributed by atoms with Gasteiger partial charge in [-0.25, -0.2) is 0 Å². The lowest BCUT2D eigenvalue weighted by molar-refractivity contribution is -0.118. The summed E-state index contributed by atoms with van der Waals surface area (Å²) in [6.07, 6.45) is 7.59. The molecule has 1 saturated carbocycles. The normalized spacial score (nSPS) is 22.1. The number of aliphatic hydroxyl groups is 1. The summed E-state index contributed by atoms with van der Waals surface area (Å²) >= 11 is 0. The van der Waals surface area contributed by atoms with Crippen molar-refractivity contribution in [1.29, 1.82) is 0 Å². The summed E-state index contributed by atoms with van der Waals surface area (Å²) in [5, 5.41) is 10.1. The molecule has 1 aliphatic carbocycles. The van der Waals surface area contributed by atoms with Crippen LogP contribution in [0.25, 0.3) is 0 Å². The van der Waals surface area contributed by atoms with Crippen molar-refractivity contribution in [3.63, 3.8) is 0 Å². The molecule has 1 N–H and O–H groups in total. The molecule has 0 spiro atoms. The second-order valence-corrected chi connectivity index (χ2v) is 4.09. The molecule has 0 aromatic heterocycles. The van der Waals surface area contributed by atoms with E-state index in [1.54, 1.807) is 0 Å². The molecule has 1 fully saturated rings. The fourth-order valence-electron chi connectivity index (χ4n) is 2.37. The smallest absolute Gasteiger partial charge is 0.0940 e. The van der Waals surface area contributed by atoms with Gasteiger partial charge in [0.15, 0.2) is 0 Å². The SMILES string of the molecule is C=CCCC(O)C1(OCC)CCCC1. The maximum absolute atomic E-state index is 10.1. The van der Waals surface area contributed by atoms with E-state index in [0.29, 0.717) is 6.61 Å². The van der Waals surface area contributed by atoms with E-state index >= 15 is 0 Å². The van der Waals surface area contributed by atoms with Crippen LogP contribution in [0.3, 0.4) is 0 Å². The van der Waals surface area contributed by atoms with Gasteiger partial charge in [-0.3, -0.25) is 0 Å². The van der Waals surface area contributed by atoms with Crippen molar-refractivity contribution in [2.24, 2.45) is 0 Å². The van der Waals surface area contributed by atoms with Crippen molar-refractivity contribution in [2.45, 2.75) is 57.2 Å². The molecule has 1 unspecified atom stereocenters. The van der Waals surface area contributed by atoms with Crippen LogP contribution in [0.4, 0.5) is 0 Å². The highest BCUT2D eigenvalue weighted by Crippen LogP contribution is 2.37. The van der Waals surface area contributed by atoms with Crippen molar-refractivity contribution < 1.29 is 9.84 Å². The topological polar surface area (TPSA) is 29.5 Å². The largest absolute Gasteiger partial charge is 0.390 e. The Balaban J connectivity index is 2.51. The van der Waals surface area contributed by atoms with Crippen LogP contribution in [0, 0.1) is 0 Å². The van der Waals surface area contributed by atoms with Gasteiger partial charge in [0.2, 0.25) is 0 Å². The van der Waals surface area contributed by atoms with E-state index in [1.165, 1.54) is 12.8 Å². The summed E-state index contributed by atoms with van der Waals surface area (Å²) in [4.78, 5) is 0. The van der Waals surface area contributed by atoms with Gasteiger partial charge in [0.05, 0.1) is 11.7 Å². The lowest BCUT2D eigenvalue weighted by Gasteiger charge is -2.34. The lowest BCUT2D eigenvalue weighted by Crippen LogP contribution is -2.42. The molecule has 82 valence electrons. The fourth-order valence-corrected chi connectivity index (χ4v) is 2.37. The second kappa shape index (κ2) is 5.52. The molecule has 1 aliphatic rings. The Kier molecular flexibility index (Phi) is 4.63. The number of aliphatic hydroxyl groups excluding tert-OH is 1. The molecule has 0 aromatic carbocycles. The average Bonchev–Trinajstić information content (AvgIpc) is 2.64. The molecular weight excluding hydrogens is 176 g/mol. The monoisotopic (exact) mass is 198 g/mol. The number of ether oxygens (including phenoxy) is 1. The Hall–Kier alpha value is -0.340. The third-order valence-electron chi connectivity index (χ3n) is 3.13. The quantitative estimate of drug-likeness (QED) is 0.665. The summed E-state index contributed by atoms with van der Waals surface area (Å²) in [7, 11) is 0. The summed E-state index contributed by atoms with van der Waals surface area (Å²) in [5.41, 5.74) is -0.238. The zero-order chi connectivity index (χ0) is 10.4. The molecule has 2 nitrogen and oxygen atoms in total. The predicted molar refractivity (Wildman–Crippen MR) is 58.3 cm³/mol. The highest BCUT2D eigenvalue weighted by atomic mass is 16.5. The summed E-state index contributed by atoms with van der Waals surface area (Å²) in [6, 6.07) is 0. The maximum Gasteiger partial charge on any atom is 0.0940 e. The average molecular weight is 198 g/mol. The second-order valence-electron chi connectivity index (χ2n) is 4.09. The van der Waals surface area contributed by atoms with E-state index in [9.17, 15) is 5.11 Å². The number of hydrogen-bond donors (Lipinski definition) is 1. The van der Waals surface area contributed by atoms with Gasteiger partial charge >= 0.3 is 0 Å². The van der Waals surface area contributed by atoms with Crippen LogP contribution in [0.2, 0.25) is 0 Å². The predicted octanol–water partition coefficient (Wildman–Crippen LogP) is 2.66.